The van der Waals surface area contributed by atoms with Crippen LogP contribution >= 0.6 is 0 Å². The van der Waals surface area contributed by atoms with Crippen molar-refractivity contribution in [1.29, 1.82) is 0 Å². The Morgan fingerprint density at radius 2 is 1.91 bits per heavy atom. The van der Waals surface area contributed by atoms with Crippen LogP contribution in [0.3, 0.4) is 0 Å². The zero-order valence-corrected chi connectivity index (χ0v) is 12.7. The van der Waals surface area contributed by atoms with Crippen molar-refractivity contribution >= 4 is 15.8 Å². The lowest BCUT2D eigenvalue weighted by atomic mass is 10.1. The largest absolute Gasteiger partial charge is 0.296 e. The van der Waals surface area contributed by atoms with Crippen LogP contribution in [0.4, 0.5) is 5.69 Å². The summed E-state index contributed by atoms with van der Waals surface area (Å²) in [5.74, 6) is 0. The number of nitro benzene ring substituents is 1. The molecule has 0 saturated carbocycles. The fraction of sp³-hybridized carbons (Fsp3) is 0.200. The maximum atomic E-state index is 12.0. The molecule has 0 aliphatic heterocycles. The topological polar surface area (TPSA) is 86.5 Å². The van der Waals surface area contributed by atoms with E-state index in [1.165, 1.54) is 30.3 Å². The molecule has 0 N–H and O–H groups in total. The van der Waals surface area contributed by atoms with Crippen LogP contribution < -0.4 is 0 Å². The molecule has 6 nitrogen and oxygen atoms in total. The Hall–Kier alpha value is -2.25. The third-order valence-corrected chi connectivity index (χ3v) is 4.30. The van der Waals surface area contributed by atoms with Gasteiger partial charge in [0.2, 0.25) is 0 Å². The Morgan fingerprint density at radius 3 is 2.55 bits per heavy atom. The van der Waals surface area contributed by atoms with E-state index in [9.17, 15) is 18.5 Å². The summed E-state index contributed by atoms with van der Waals surface area (Å²) in [4.78, 5) is 10.2. The Balaban J connectivity index is 1.99. The van der Waals surface area contributed by atoms with Gasteiger partial charge in [0.25, 0.3) is 15.8 Å². The van der Waals surface area contributed by atoms with Gasteiger partial charge in [0.1, 0.15) is 0 Å². The van der Waals surface area contributed by atoms with Crippen LogP contribution in [-0.4, -0.2) is 19.9 Å². The molecule has 115 valence electrons. The van der Waals surface area contributed by atoms with E-state index in [-0.39, 0.29) is 23.6 Å². The molecule has 2 aromatic carbocycles. The van der Waals surface area contributed by atoms with Crippen molar-refractivity contribution in [3.8, 4) is 0 Å². The predicted octanol–water partition coefficient (Wildman–Crippen LogP) is 2.65. The van der Waals surface area contributed by atoms with Crippen molar-refractivity contribution in [2.45, 2.75) is 18.2 Å². The second kappa shape index (κ2) is 6.67. The van der Waals surface area contributed by atoms with Crippen LogP contribution in [0.25, 0.3) is 0 Å². The minimum atomic E-state index is -3.82. The van der Waals surface area contributed by atoms with Gasteiger partial charge in [0.05, 0.1) is 16.4 Å². The third-order valence-electron chi connectivity index (χ3n) is 2.98. The van der Waals surface area contributed by atoms with Gasteiger partial charge in [-0.2, -0.15) is 8.42 Å². The molecule has 0 unspecified atom stereocenters. The molecule has 0 aliphatic carbocycles. The molecule has 0 saturated heterocycles. The van der Waals surface area contributed by atoms with Gasteiger partial charge in [-0.15, -0.1) is 0 Å². The first-order valence-electron chi connectivity index (χ1n) is 6.49. The molecular formula is C15H14NO5S. The van der Waals surface area contributed by atoms with Gasteiger partial charge in [-0.3, -0.25) is 14.3 Å². The molecule has 0 aliphatic rings. The SMILES string of the molecule is Cc1ccc(S(=O)(=O)OCCc2[c]ccc([N+](=O)[O-])c2)cc1. The maximum Gasteiger partial charge on any atom is 0.296 e. The molecule has 0 atom stereocenters. The van der Waals surface area contributed by atoms with Crippen LogP contribution in [0.1, 0.15) is 11.1 Å². The lowest BCUT2D eigenvalue weighted by Crippen LogP contribution is -2.09. The minimum absolute atomic E-state index is 0.0601. The first-order valence-corrected chi connectivity index (χ1v) is 7.90. The highest BCUT2D eigenvalue weighted by Crippen LogP contribution is 2.16. The van der Waals surface area contributed by atoms with Crippen molar-refractivity contribution in [2.75, 3.05) is 6.61 Å². The lowest BCUT2D eigenvalue weighted by molar-refractivity contribution is -0.384. The summed E-state index contributed by atoms with van der Waals surface area (Å²) >= 11 is 0. The Bertz CT molecular complexity index is 769. The smallest absolute Gasteiger partial charge is 0.266 e. The van der Waals surface area contributed by atoms with E-state index in [1.54, 1.807) is 12.1 Å². The maximum absolute atomic E-state index is 12.0. The molecule has 7 heteroatoms. The van der Waals surface area contributed by atoms with E-state index < -0.39 is 15.0 Å². The standard InChI is InChI=1S/C15H14NO5S/c1-12-5-7-15(8-6-12)22(19,20)21-10-9-13-3-2-4-14(11-13)16(17)18/h2,4-8,11H,9-10H2,1H3. The highest BCUT2D eigenvalue weighted by Gasteiger charge is 2.15. The van der Waals surface area contributed by atoms with Crippen molar-refractivity contribution in [3.05, 3.63) is 69.8 Å². The monoisotopic (exact) mass is 320 g/mol. The van der Waals surface area contributed by atoms with Crippen molar-refractivity contribution in [1.82, 2.24) is 0 Å². The molecule has 2 rings (SSSR count). The molecule has 1 radical (unpaired) electrons. The highest BCUT2D eigenvalue weighted by molar-refractivity contribution is 7.86. The van der Waals surface area contributed by atoms with Gasteiger partial charge in [0, 0.05) is 12.1 Å². The molecule has 0 fully saturated rings. The number of non-ortho nitro benzene ring substituents is 1. The van der Waals surface area contributed by atoms with Gasteiger partial charge < -0.3 is 0 Å². The zero-order chi connectivity index (χ0) is 16.2. The van der Waals surface area contributed by atoms with Crippen molar-refractivity contribution in [2.24, 2.45) is 0 Å². The van der Waals surface area contributed by atoms with E-state index >= 15 is 0 Å². The normalized spacial score (nSPS) is 11.3. The lowest BCUT2D eigenvalue weighted by Gasteiger charge is -2.06. The van der Waals surface area contributed by atoms with Crippen molar-refractivity contribution in [3.63, 3.8) is 0 Å². The van der Waals surface area contributed by atoms with Gasteiger partial charge in [-0.25, -0.2) is 0 Å². The van der Waals surface area contributed by atoms with Crippen LogP contribution in [0.15, 0.2) is 47.4 Å². The first-order chi connectivity index (χ1) is 10.4. The molecular weight excluding hydrogens is 306 g/mol. The molecule has 0 bridgehead atoms. The van der Waals surface area contributed by atoms with Gasteiger partial charge in [0.15, 0.2) is 0 Å². The number of aryl methyl sites for hydroxylation is 1. The van der Waals surface area contributed by atoms with Crippen LogP contribution in [0.5, 0.6) is 0 Å². The number of hydrogen-bond acceptors (Lipinski definition) is 5. The molecule has 0 amide bonds. The van der Waals surface area contributed by atoms with Crippen LogP contribution in [0.2, 0.25) is 0 Å². The summed E-state index contributed by atoms with van der Waals surface area (Å²) in [6, 6.07) is 13.2. The Kier molecular flexibility index (Phi) is 4.89. The summed E-state index contributed by atoms with van der Waals surface area (Å²) in [7, 11) is -3.82. The zero-order valence-electron chi connectivity index (χ0n) is 11.9. The second-order valence-electron chi connectivity index (χ2n) is 4.67. The number of rotatable bonds is 6. The van der Waals surface area contributed by atoms with Crippen molar-refractivity contribution < 1.29 is 17.5 Å². The molecule has 0 aromatic heterocycles. The third kappa shape index (κ3) is 4.12. The van der Waals surface area contributed by atoms with E-state index in [1.807, 2.05) is 6.92 Å². The van der Waals surface area contributed by atoms with E-state index in [0.29, 0.717) is 5.56 Å². The Morgan fingerprint density at radius 1 is 1.23 bits per heavy atom. The minimum Gasteiger partial charge on any atom is -0.266 e. The number of benzene rings is 2. The van der Waals surface area contributed by atoms with E-state index in [2.05, 4.69) is 6.07 Å². The fourth-order valence-corrected chi connectivity index (χ4v) is 2.70. The predicted molar refractivity (Wildman–Crippen MR) is 80.0 cm³/mol. The van der Waals surface area contributed by atoms with Crippen LogP contribution in [-0.2, 0) is 20.7 Å². The Labute approximate surface area is 128 Å². The number of hydrogen-bond donors (Lipinski definition) is 0. The van der Waals surface area contributed by atoms with Gasteiger partial charge in [-0.05, 0) is 43.2 Å². The second-order valence-corrected chi connectivity index (χ2v) is 6.28. The number of nitrogens with zero attached hydrogens (tertiary/aromatic N) is 1. The molecule has 2 aromatic rings. The fourth-order valence-electron chi connectivity index (χ4n) is 1.79. The summed E-state index contributed by atoms with van der Waals surface area (Å²) < 4.78 is 28.9. The quantitative estimate of drug-likeness (QED) is 0.464. The van der Waals surface area contributed by atoms with Gasteiger partial charge >= 0.3 is 0 Å². The van der Waals surface area contributed by atoms with E-state index in [4.69, 9.17) is 4.18 Å². The average Bonchev–Trinajstić information content (AvgIpc) is 2.48. The van der Waals surface area contributed by atoms with Gasteiger partial charge in [-0.1, -0.05) is 17.7 Å². The molecule has 22 heavy (non-hydrogen) atoms. The highest BCUT2D eigenvalue weighted by atomic mass is 32.2. The molecule has 0 heterocycles. The summed E-state index contributed by atoms with van der Waals surface area (Å²) in [5, 5.41) is 10.7. The summed E-state index contributed by atoms with van der Waals surface area (Å²) in [6.45, 7) is 1.75. The number of nitro groups is 1. The summed E-state index contributed by atoms with van der Waals surface area (Å²) in [6.07, 6.45) is 0.215. The molecule has 0 spiro atoms. The first kappa shape index (κ1) is 16.1. The summed E-state index contributed by atoms with van der Waals surface area (Å²) in [5.41, 5.74) is 1.41. The van der Waals surface area contributed by atoms with Crippen LogP contribution in [0, 0.1) is 23.1 Å². The van der Waals surface area contributed by atoms with E-state index in [0.717, 1.165) is 5.56 Å². The average molecular weight is 320 g/mol.